The average molecular weight is 368 g/mol. The zero-order chi connectivity index (χ0) is 19.1. The normalized spacial score (nSPS) is 19.3. The van der Waals surface area contributed by atoms with Crippen molar-refractivity contribution in [3.05, 3.63) is 60.2 Å². The number of aromatic nitrogens is 2. The smallest absolute Gasteiger partial charge is 0.219 e. The Hall–Kier alpha value is -2.31. The van der Waals surface area contributed by atoms with Gasteiger partial charge in [0.2, 0.25) is 5.91 Å². The average Bonchev–Trinajstić information content (AvgIpc) is 2.93. The van der Waals surface area contributed by atoms with Crippen LogP contribution in [0.1, 0.15) is 43.4 Å². The summed E-state index contributed by atoms with van der Waals surface area (Å²) in [7, 11) is 0. The van der Waals surface area contributed by atoms with Crippen LogP contribution in [0.15, 0.2) is 49.1 Å². The minimum absolute atomic E-state index is 0.0848. The molecule has 2 unspecified atom stereocenters. The van der Waals surface area contributed by atoms with Crippen LogP contribution in [0.5, 0.6) is 0 Å². The second-order valence-corrected chi connectivity index (χ2v) is 7.21. The second kappa shape index (κ2) is 9.58. The maximum atomic E-state index is 12.2. The van der Waals surface area contributed by atoms with Crippen molar-refractivity contribution >= 4 is 5.91 Å². The number of nitrogens with zero attached hydrogens (tertiary/aromatic N) is 4. The van der Waals surface area contributed by atoms with Crippen LogP contribution < -0.4 is 0 Å². The third kappa shape index (κ3) is 5.58. The molecule has 2 heterocycles. The molecule has 3 rings (SSSR count). The minimum Gasteiger partial charge on any atom is -0.387 e. The van der Waals surface area contributed by atoms with E-state index < -0.39 is 6.10 Å². The van der Waals surface area contributed by atoms with Crippen LogP contribution in [0.4, 0.5) is 0 Å². The molecule has 6 heteroatoms. The molecule has 27 heavy (non-hydrogen) atoms. The first-order valence-corrected chi connectivity index (χ1v) is 9.60. The fourth-order valence-corrected chi connectivity index (χ4v) is 3.76. The van der Waals surface area contributed by atoms with Crippen LogP contribution >= 0.6 is 0 Å². The van der Waals surface area contributed by atoms with E-state index in [2.05, 4.69) is 14.9 Å². The van der Waals surface area contributed by atoms with Gasteiger partial charge in [-0.1, -0.05) is 30.3 Å². The number of amides is 1. The van der Waals surface area contributed by atoms with E-state index in [0.717, 1.165) is 43.5 Å². The van der Waals surface area contributed by atoms with Crippen molar-refractivity contribution < 1.29 is 9.90 Å². The fourth-order valence-electron chi connectivity index (χ4n) is 3.76. The molecule has 0 aliphatic carbocycles. The Morgan fingerprint density at radius 1 is 1.22 bits per heavy atom. The minimum atomic E-state index is -0.479. The molecule has 1 aromatic heterocycles. The highest BCUT2D eigenvalue weighted by atomic mass is 16.3. The van der Waals surface area contributed by atoms with Gasteiger partial charge in [0, 0.05) is 50.6 Å². The summed E-state index contributed by atoms with van der Waals surface area (Å²) in [5.41, 5.74) is 1.90. The van der Waals surface area contributed by atoms with Crippen molar-refractivity contribution in [1.29, 1.82) is 0 Å². The van der Waals surface area contributed by atoms with E-state index in [1.165, 1.54) is 6.33 Å². The molecule has 1 fully saturated rings. The van der Waals surface area contributed by atoms with Gasteiger partial charge >= 0.3 is 0 Å². The van der Waals surface area contributed by atoms with Gasteiger partial charge in [-0.15, -0.1) is 0 Å². The molecule has 144 valence electrons. The third-order valence-corrected chi connectivity index (χ3v) is 5.22. The fraction of sp³-hybridized carbons (Fsp3) is 0.476. The highest BCUT2D eigenvalue weighted by molar-refractivity contribution is 5.73. The molecular formula is C21H28N4O2. The lowest BCUT2D eigenvalue weighted by Gasteiger charge is -2.30. The van der Waals surface area contributed by atoms with Crippen LogP contribution in [0.2, 0.25) is 0 Å². The molecule has 6 nitrogen and oxygen atoms in total. The number of β-amino-alcohol motifs (C(OH)–C–C–N with tert-alkyl or cyclic N) is 1. The Morgan fingerprint density at radius 3 is 2.67 bits per heavy atom. The summed E-state index contributed by atoms with van der Waals surface area (Å²) in [5.74, 6) is 0.0848. The van der Waals surface area contributed by atoms with Gasteiger partial charge in [0.25, 0.3) is 0 Å². The lowest BCUT2D eigenvalue weighted by Crippen LogP contribution is -2.39. The molecule has 0 bridgehead atoms. The van der Waals surface area contributed by atoms with E-state index >= 15 is 0 Å². The first-order chi connectivity index (χ1) is 13.1. The summed E-state index contributed by atoms with van der Waals surface area (Å²) in [4.78, 5) is 24.6. The van der Waals surface area contributed by atoms with Gasteiger partial charge in [-0.05, 0) is 31.4 Å². The molecule has 1 saturated heterocycles. The maximum Gasteiger partial charge on any atom is 0.219 e. The second-order valence-electron chi connectivity index (χ2n) is 7.21. The number of hydrogen-bond acceptors (Lipinski definition) is 5. The van der Waals surface area contributed by atoms with E-state index in [1.54, 1.807) is 19.3 Å². The lowest BCUT2D eigenvalue weighted by atomic mass is 10.1. The first kappa shape index (κ1) is 19.5. The summed E-state index contributed by atoms with van der Waals surface area (Å²) in [6, 6.07) is 10.0. The van der Waals surface area contributed by atoms with Gasteiger partial charge < -0.3 is 14.9 Å². The molecule has 1 aliphatic rings. The predicted octanol–water partition coefficient (Wildman–Crippen LogP) is 2.41. The number of hydrogen-bond donors (Lipinski definition) is 1. The van der Waals surface area contributed by atoms with Crippen molar-refractivity contribution in [2.45, 2.75) is 44.9 Å². The Morgan fingerprint density at radius 2 is 1.96 bits per heavy atom. The van der Waals surface area contributed by atoms with Crippen LogP contribution in [0, 0.1) is 0 Å². The number of aliphatic hydroxyl groups is 1. The Kier molecular flexibility index (Phi) is 6.90. The molecule has 0 radical (unpaired) electrons. The largest absolute Gasteiger partial charge is 0.387 e. The summed E-state index contributed by atoms with van der Waals surface area (Å²) in [6.45, 7) is 4.63. The molecule has 0 saturated carbocycles. The number of carbonyl (C=O) groups is 1. The maximum absolute atomic E-state index is 12.2. The summed E-state index contributed by atoms with van der Waals surface area (Å²) >= 11 is 0. The Balaban J connectivity index is 1.58. The molecular weight excluding hydrogens is 340 g/mol. The molecule has 1 amide bonds. The number of benzene rings is 1. The van der Waals surface area contributed by atoms with Crippen LogP contribution in [-0.2, 0) is 11.3 Å². The number of aliphatic hydroxyl groups excluding tert-OH is 1. The van der Waals surface area contributed by atoms with Gasteiger partial charge in [-0.3, -0.25) is 4.79 Å². The van der Waals surface area contributed by atoms with Gasteiger partial charge in [0.15, 0.2) is 0 Å². The van der Waals surface area contributed by atoms with Gasteiger partial charge in [-0.2, -0.15) is 0 Å². The molecule has 1 N–H and O–H groups in total. The highest BCUT2D eigenvalue weighted by Gasteiger charge is 2.25. The van der Waals surface area contributed by atoms with Crippen molar-refractivity contribution in [2.24, 2.45) is 0 Å². The zero-order valence-electron chi connectivity index (χ0n) is 15.9. The quantitative estimate of drug-likeness (QED) is 0.848. The van der Waals surface area contributed by atoms with E-state index in [-0.39, 0.29) is 11.9 Å². The van der Waals surface area contributed by atoms with Crippen molar-refractivity contribution in [2.75, 3.05) is 19.6 Å². The number of rotatable bonds is 6. The third-order valence-electron chi connectivity index (χ3n) is 5.22. The van der Waals surface area contributed by atoms with E-state index in [0.29, 0.717) is 13.1 Å². The lowest BCUT2D eigenvalue weighted by molar-refractivity contribution is -0.132. The van der Waals surface area contributed by atoms with Crippen molar-refractivity contribution in [3.8, 4) is 0 Å². The molecule has 0 spiro atoms. The molecule has 2 atom stereocenters. The van der Waals surface area contributed by atoms with Gasteiger partial charge in [0.1, 0.15) is 6.33 Å². The Bertz CT molecular complexity index is 711. The Labute approximate surface area is 160 Å². The van der Waals surface area contributed by atoms with Crippen LogP contribution in [0.3, 0.4) is 0 Å². The van der Waals surface area contributed by atoms with Gasteiger partial charge in [-0.25, -0.2) is 9.97 Å². The molecule has 2 aromatic rings. The SMILES string of the molecule is CC(=O)N(Cc1cncnc1)C1CCCN(CC(O)c2ccccc2)CC1. The van der Waals surface area contributed by atoms with Crippen LogP contribution in [0.25, 0.3) is 0 Å². The van der Waals surface area contributed by atoms with Crippen molar-refractivity contribution in [3.63, 3.8) is 0 Å². The summed E-state index contributed by atoms with van der Waals surface area (Å²) < 4.78 is 0. The van der Waals surface area contributed by atoms with Crippen LogP contribution in [-0.4, -0.2) is 56.5 Å². The number of carbonyl (C=O) groups excluding carboxylic acids is 1. The zero-order valence-corrected chi connectivity index (χ0v) is 15.9. The number of likely N-dealkylation sites (tertiary alicyclic amines) is 1. The summed E-state index contributed by atoms with van der Waals surface area (Å²) in [5, 5.41) is 10.5. The monoisotopic (exact) mass is 368 g/mol. The summed E-state index contributed by atoms with van der Waals surface area (Å²) in [6.07, 6.45) is 7.46. The standard InChI is InChI=1S/C21H28N4O2/c1-17(26)25(14-18-12-22-16-23-13-18)20-8-5-10-24(11-9-20)15-21(27)19-6-3-2-4-7-19/h2-4,6-7,12-13,16,20-21,27H,5,8-11,14-15H2,1H3. The van der Waals surface area contributed by atoms with E-state index in [4.69, 9.17) is 0 Å². The predicted molar refractivity (Wildman–Crippen MR) is 104 cm³/mol. The first-order valence-electron chi connectivity index (χ1n) is 9.60. The highest BCUT2D eigenvalue weighted by Crippen LogP contribution is 2.21. The molecule has 1 aliphatic heterocycles. The van der Waals surface area contributed by atoms with Crippen molar-refractivity contribution in [1.82, 2.24) is 19.8 Å². The van der Waals surface area contributed by atoms with E-state index in [1.807, 2.05) is 35.2 Å². The topological polar surface area (TPSA) is 69.6 Å². The van der Waals surface area contributed by atoms with Gasteiger partial charge in [0.05, 0.1) is 6.10 Å². The van der Waals surface area contributed by atoms with E-state index in [9.17, 15) is 9.90 Å². The molecule has 1 aromatic carbocycles.